The van der Waals surface area contributed by atoms with Crippen LogP contribution in [-0.2, 0) is 5.54 Å². The molecule has 1 aliphatic rings. The average Bonchev–Trinajstić information content (AvgIpc) is 2.84. The average molecular weight is 323 g/mol. The first kappa shape index (κ1) is 14.0. The van der Waals surface area contributed by atoms with Gasteiger partial charge in [-0.1, -0.05) is 47.5 Å². The van der Waals surface area contributed by atoms with Crippen molar-refractivity contribution in [2.45, 2.75) is 12.5 Å². The standard InChI is InChI=1S/C15H12Cl2N2S/c1-15(11-4-8-13(17)9-5-11)14(18-20-19-15)10-2-6-12(16)7-3-10/h2-9,19H,1H3. The number of halogens is 2. The summed E-state index contributed by atoms with van der Waals surface area (Å²) >= 11 is 13.3. The number of nitrogens with one attached hydrogen (secondary N) is 1. The molecular formula is C15H12Cl2N2S. The van der Waals surface area contributed by atoms with E-state index in [0.717, 1.165) is 26.9 Å². The van der Waals surface area contributed by atoms with Crippen molar-refractivity contribution in [1.29, 1.82) is 0 Å². The van der Waals surface area contributed by atoms with Gasteiger partial charge in [-0.15, -0.1) is 0 Å². The summed E-state index contributed by atoms with van der Waals surface area (Å²) in [6, 6.07) is 15.6. The van der Waals surface area contributed by atoms with Crippen molar-refractivity contribution in [1.82, 2.24) is 4.72 Å². The molecular weight excluding hydrogens is 311 g/mol. The molecule has 0 aromatic heterocycles. The first-order chi connectivity index (χ1) is 9.59. The van der Waals surface area contributed by atoms with Gasteiger partial charge >= 0.3 is 0 Å². The molecule has 3 rings (SSSR count). The highest BCUT2D eigenvalue weighted by Gasteiger charge is 2.37. The second-order valence-corrected chi connectivity index (χ2v) is 6.21. The van der Waals surface area contributed by atoms with E-state index in [2.05, 4.69) is 16.0 Å². The lowest BCUT2D eigenvalue weighted by Gasteiger charge is -2.26. The first-order valence-electron chi connectivity index (χ1n) is 6.13. The monoisotopic (exact) mass is 322 g/mol. The van der Waals surface area contributed by atoms with Crippen LogP contribution in [0.2, 0.25) is 10.0 Å². The summed E-state index contributed by atoms with van der Waals surface area (Å²) in [5.41, 5.74) is 2.83. The molecule has 1 unspecified atom stereocenters. The summed E-state index contributed by atoms with van der Waals surface area (Å²) in [5.74, 6) is 0. The van der Waals surface area contributed by atoms with Crippen LogP contribution in [0.25, 0.3) is 0 Å². The molecule has 2 nitrogen and oxygen atoms in total. The lowest BCUT2D eigenvalue weighted by atomic mass is 9.84. The highest BCUT2D eigenvalue weighted by atomic mass is 35.5. The van der Waals surface area contributed by atoms with Gasteiger partial charge in [0.05, 0.1) is 23.4 Å². The Hall–Kier alpha value is -1.00. The molecule has 1 heterocycles. The van der Waals surface area contributed by atoms with E-state index in [9.17, 15) is 0 Å². The zero-order chi connectivity index (χ0) is 14.2. The van der Waals surface area contributed by atoms with Crippen LogP contribution in [0.5, 0.6) is 0 Å². The number of benzene rings is 2. The van der Waals surface area contributed by atoms with E-state index in [4.69, 9.17) is 23.2 Å². The minimum absolute atomic E-state index is 0.344. The Balaban J connectivity index is 2.02. The van der Waals surface area contributed by atoms with Crippen LogP contribution in [0.3, 0.4) is 0 Å². The fraction of sp³-hybridized carbons (Fsp3) is 0.133. The summed E-state index contributed by atoms with van der Waals surface area (Å²) in [4.78, 5) is 0. The topological polar surface area (TPSA) is 24.4 Å². The largest absolute Gasteiger partial charge is 0.228 e. The fourth-order valence-electron chi connectivity index (χ4n) is 2.23. The minimum Gasteiger partial charge on any atom is -0.228 e. The van der Waals surface area contributed by atoms with Crippen LogP contribution < -0.4 is 4.72 Å². The summed E-state index contributed by atoms with van der Waals surface area (Å²) in [7, 11) is 0. The zero-order valence-electron chi connectivity index (χ0n) is 10.7. The Morgan fingerprint density at radius 1 is 0.950 bits per heavy atom. The van der Waals surface area contributed by atoms with Crippen molar-refractivity contribution in [3.05, 3.63) is 69.7 Å². The van der Waals surface area contributed by atoms with Crippen LogP contribution in [0.4, 0.5) is 0 Å². The second kappa shape index (κ2) is 5.41. The molecule has 0 aliphatic carbocycles. The number of nitrogens with zero attached hydrogens (tertiary/aromatic N) is 1. The second-order valence-electron chi connectivity index (χ2n) is 4.77. The summed E-state index contributed by atoms with van der Waals surface area (Å²) in [6.45, 7) is 2.11. The van der Waals surface area contributed by atoms with Crippen molar-refractivity contribution < 1.29 is 0 Å². The Labute approximate surface area is 132 Å². The molecule has 2 aromatic rings. The molecule has 0 spiro atoms. The van der Waals surface area contributed by atoms with Gasteiger partial charge in [0.1, 0.15) is 0 Å². The molecule has 20 heavy (non-hydrogen) atoms. The van der Waals surface area contributed by atoms with E-state index < -0.39 is 0 Å². The molecule has 0 fully saturated rings. The van der Waals surface area contributed by atoms with Crippen molar-refractivity contribution in [3.8, 4) is 0 Å². The maximum atomic E-state index is 5.96. The van der Waals surface area contributed by atoms with Gasteiger partial charge in [0, 0.05) is 10.0 Å². The molecule has 0 bridgehead atoms. The highest BCUT2D eigenvalue weighted by molar-refractivity contribution is 7.96. The van der Waals surface area contributed by atoms with Crippen molar-refractivity contribution in [2.24, 2.45) is 4.40 Å². The lowest BCUT2D eigenvalue weighted by molar-refractivity contribution is 0.636. The van der Waals surface area contributed by atoms with E-state index in [0.29, 0.717) is 0 Å². The Bertz CT molecular complexity index is 653. The fourth-order valence-corrected chi connectivity index (χ4v) is 3.30. The van der Waals surface area contributed by atoms with E-state index in [1.54, 1.807) is 0 Å². The predicted octanol–water partition coefficient (Wildman–Crippen LogP) is 4.86. The van der Waals surface area contributed by atoms with Gasteiger partial charge in [-0.05, 0) is 42.3 Å². The van der Waals surface area contributed by atoms with Crippen LogP contribution in [0, 0.1) is 0 Å². The van der Waals surface area contributed by atoms with E-state index >= 15 is 0 Å². The predicted molar refractivity (Wildman–Crippen MR) is 87.5 cm³/mol. The van der Waals surface area contributed by atoms with Gasteiger partial charge in [-0.25, -0.2) is 9.12 Å². The molecule has 1 N–H and O–H groups in total. The first-order valence-corrected chi connectivity index (χ1v) is 7.66. The SMILES string of the molecule is CC1(c2ccc(Cl)cc2)NSN=C1c1ccc(Cl)cc1. The van der Waals surface area contributed by atoms with E-state index in [-0.39, 0.29) is 5.54 Å². The maximum Gasteiger partial charge on any atom is 0.0955 e. The number of hydrogen-bond donors (Lipinski definition) is 1. The summed E-state index contributed by atoms with van der Waals surface area (Å²) in [5, 5.41) is 1.45. The third-order valence-corrected chi connectivity index (χ3v) is 4.68. The van der Waals surface area contributed by atoms with E-state index in [1.807, 2.05) is 48.5 Å². The summed E-state index contributed by atoms with van der Waals surface area (Å²) < 4.78 is 7.90. The van der Waals surface area contributed by atoms with Gasteiger partial charge in [0.2, 0.25) is 0 Å². The Morgan fingerprint density at radius 2 is 1.50 bits per heavy atom. The van der Waals surface area contributed by atoms with Gasteiger partial charge in [0.15, 0.2) is 0 Å². The molecule has 0 saturated heterocycles. The number of hydrogen-bond acceptors (Lipinski definition) is 3. The van der Waals surface area contributed by atoms with Gasteiger partial charge < -0.3 is 0 Å². The van der Waals surface area contributed by atoms with Gasteiger partial charge in [-0.2, -0.15) is 0 Å². The number of rotatable bonds is 2. The van der Waals surface area contributed by atoms with Crippen molar-refractivity contribution in [2.75, 3.05) is 0 Å². The maximum absolute atomic E-state index is 5.96. The smallest absolute Gasteiger partial charge is 0.0955 e. The quantitative estimate of drug-likeness (QED) is 0.798. The van der Waals surface area contributed by atoms with E-state index in [1.165, 1.54) is 12.1 Å². The Kier molecular flexibility index (Phi) is 3.78. The molecule has 1 atom stereocenters. The minimum atomic E-state index is -0.344. The third-order valence-electron chi connectivity index (χ3n) is 3.40. The lowest BCUT2D eigenvalue weighted by Crippen LogP contribution is -2.39. The molecule has 0 saturated carbocycles. The summed E-state index contributed by atoms with van der Waals surface area (Å²) in [6.07, 6.45) is 0. The molecule has 1 aliphatic heterocycles. The van der Waals surface area contributed by atoms with Gasteiger partial charge in [0.25, 0.3) is 0 Å². The van der Waals surface area contributed by atoms with Crippen LogP contribution in [-0.4, -0.2) is 5.71 Å². The molecule has 2 aromatic carbocycles. The highest BCUT2D eigenvalue weighted by Crippen LogP contribution is 2.35. The Morgan fingerprint density at radius 3 is 2.10 bits per heavy atom. The normalized spacial score (nSPS) is 21.9. The third kappa shape index (κ3) is 2.47. The van der Waals surface area contributed by atoms with Crippen LogP contribution in [0.1, 0.15) is 18.1 Å². The molecule has 102 valence electrons. The molecule has 0 radical (unpaired) electrons. The van der Waals surface area contributed by atoms with Gasteiger partial charge in [-0.3, -0.25) is 0 Å². The van der Waals surface area contributed by atoms with Crippen LogP contribution in [0.15, 0.2) is 52.9 Å². The zero-order valence-corrected chi connectivity index (χ0v) is 13.1. The van der Waals surface area contributed by atoms with Crippen LogP contribution >= 0.6 is 35.3 Å². The van der Waals surface area contributed by atoms with Crippen molar-refractivity contribution in [3.63, 3.8) is 0 Å². The molecule has 5 heteroatoms. The van der Waals surface area contributed by atoms with Crippen molar-refractivity contribution >= 4 is 41.0 Å². The molecule has 0 amide bonds.